The van der Waals surface area contributed by atoms with Crippen molar-refractivity contribution in [1.82, 2.24) is 25.1 Å². The normalized spacial score (nSPS) is 18.9. The van der Waals surface area contributed by atoms with E-state index in [1.165, 1.54) is 30.5 Å². The molecule has 5 heteroatoms. The summed E-state index contributed by atoms with van der Waals surface area (Å²) in [6, 6.07) is 2.39. The topological polar surface area (TPSA) is 55.6 Å². The molecule has 0 spiro atoms. The molecule has 19 heavy (non-hydrogen) atoms. The average Bonchev–Trinajstić information content (AvgIpc) is 2.72. The van der Waals surface area contributed by atoms with Crippen LogP contribution in [0, 0.1) is 6.92 Å². The van der Waals surface area contributed by atoms with Gasteiger partial charge in [-0.15, -0.1) is 0 Å². The van der Waals surface area contributed by atoms with Crippen molar-refractivity contribution >= 4 is 0 Å². The summed E-state index contributed by atoms with van der Waals surface area (Å²) in [5.41, 5.74) is 3.57. The van der Waals surface area contributed by atoms with Crippen LogP contribution in [-0.4, -0.2) is 26.8 Å². The van der Waals surface area contributed by atoms with Gasteiger partial charge in [0.1, 0.15) is 6.33 Å². The van der Waals surface area contributed by atoms with Crippen LogP contribution in [0.25, 0.3) is 5.82 Å². The molecule has 0 fully saturated rings. The number of nitrogens with zero attached hydrogens (tertiary/aromatic N) is 4. The van der Waals surface area contributed by atoms with E-state index in [-0.39, 0.29) is 0 Å². The van der Waals surface area contributed by atoms with Crippen LogP contribution in [0.15, 0.2) is 18.6 Å². The Balaban J connectivity index is 2.07. The van der Waals surface area contributed by atoms with Gasteiger partial charge in [-0.1, -0.05) is 6.42 Å². The molecule has 0 bridgehead atoms. The van der Waals surface area contributed by atoms with Crippen molar-refractivity contribution < 1.29 is 0 Å². The zero-order valence-electron chi connectivity index (χ0n) is 11.4. The van der Waals surface area contributed by atoms with E-state index in [4.69, 9.17) is 0 Å². The van der Waals surface area contributed by atoms with Gasteiger partial charge in [0, 0.05) is 23.4 Å². The van der Waals surface area contributed by atoms with Gasteiger partial charge in [0.15, 0.2) is 5.82 Å². The van der Waals surface area contributed by atoms with Crippen LogP contribution in [-0.2, 0) is 6.42 Å². The largest absolute Gasteiger partial charge is 0.313 e. The second-order valence-electron chi connectivity index (χ2n) is 5.06. The number of fused-ring (bicyclic) bond motifs is 1. The molecule has 1 atom stereocenters. The first-order valence-corrected chi connectivity index (χ1v) is 6.82. The number of rotatable bonds is 2. The summed E-state index contributed by atoms with van der Waals surface area (Å²) in [6.07, 6.45) is 8.29. The van der Waals surface area contributed by atoms with E-state index in [0.29, 0.717) is 6.04 Å². The summed E-state index contributed by atoms with van der Waals surface area (Å²) in [5, 5.41) is 7.93. The summed E-state index contributed by atoms with van der Waals surface area (Å²) in [4.78, 5) is 8.49. The Morgan fingerprint density at radius 2 is 2.21 bits per heavy atom. The highest BCUT2D eigenvalue weighted by atomic mass is 15.3. The highest BCUT2D eigenvalue weighted by Gasteiger charge is 2.22. The number of aromatic nitrogens is 4. The molecule has 0 radical (unpaired) electrons. The molecule has 5 nitrogen and oxygen atoms in total. The number of hydrogen-bond acceptors (Lipinski definition) is 4. The molecule has 0 saturated carbocycles. The second kappa shape index (κ2) is 5.09. The summed E-state index contributed by atoms with van der Waals surface area (Å²) in [7, 11) is 2.02. The third-order valence-electron chi connectivity index (χ3n) is 3.79. The lowest BCUT2D eigenvalue weighted by molar-refractivity contribution is 0.533. The van der Waals surface area contributed by atoms with Crippen LogP contribution in [0.3, 0.4) is 0 Å². The van der Waals surface area contributed by atoms with Crippen molar-refractivity contribution in [2.75, 3.05) is 7.05 Å². The molecule has 2 aromatic rings. The molecule has 1 N–H and O–H groups in total. The molecule has 2 heterocycles. The Morgan fingerprint density at radius 3 is 3.00 bits per heavy atom. The first-order valence-electron chi connectivity index (χ1n) is 6.82. The second-order valence-corrected chi connectivity index (χ2v) is 5.06. The van der Waals surface area contributed by atoms with E-state index >= 15 is 0 Å². The zero-order chi connectivity index (χ0) is 13.2. The number of nitrogens with one attached hydrogen (secondary N) is 1. The summed E-state index contributed by atoms with van der Waals surface area (Å²) < 4.78 is 1.97. The van der Waals surface area contributed by atoms with Crippen LogP contribution >= 0.6 is 0 Å². The molecule has 0 amide bonds. The average molecular weight is 257 g/mol. The Hall–Kier alpha value is -1.75. The van der Waals surface area contributed by atoms with Gasteiger partial charge in [0.05, 0.1) is 11.9 Å². The van der Waals surface area contributed by atoms with Crippen molar-refractivity contribution in [3.8, 4) is 5.82 Å². The van der Waals surface area contributed by atoms with Crippen molar-refractivity contribution in [2.24, 2.45) is 0 Å². The van der Waals surface area contributed by atoms with Crippen LogP contribution in [0.4, 0.5) is 0 Å². The Bertz CT molecular complexity index is 575. The lowest BCUT2D eigenvalue weighted by Crippen LogP contribution is -2.16. The first-order chi connectivity index (χ1) is 9.29. The quantitative estimate of drug-likeness (QED) is 0.836. The predicted octanol–water partition coefficient (Wildman–Crippen LogP) is 1.96. The maximum atomic E-state index is 4.54. The highest BCUT2D eigenvalue weighted by molar-refractivity contribution is 5.32. The molecule has 0 aromatic carbocycles. The van der Waals surface area contributed by atoms with E-state index in [2.05, 4.69) is 20.4 Å². The molecule has 1 unspecified atom stereocenters. The Morgan fingerprint density at radius 1 is 1.32 bits per heavy atom. The molecular weight excluding hydrogens is 238 g/mol. The maximum absolute atomic E-state index is 4.54. The number of aryl methyl sites for hydroxylation is 1. The van der Waals surface area contributed by atoms with Gasteiger partial charge in [0.25, 0.3) is 0 Å². The summed E-state index contributed by atoms with van der Waals surface area (Å²) in [5.74, 6) is 0.866. The van der Waals surface area contributed by atoms with E-state index in [9.17, 15) is 0 Å². The minimum absolute atomic E-state index is 0.411. The molecule has 1 aliphatic carbocycles. The van der Waals surface area contributed by atoms with Crippen molar-refractivity contribution in [3.63, 3.8) is 0 Å². The minimum atomic E-state index is 0.411. The fraction of sp³-hybridized carbons (Fsp3) is 0.500. The van der Waals surface area contributed by atoms with E-state index < -0.39 is 0 Å². The monoisotopic (exact) mass is 257 g/mol. The van der Waals surface area contributed by atoms with Gasteiger partial charge >= 0.3 is 0 Å². The fourth-order valence-electron chi connectivity index (χ4n) is 2.78. The fourth-order valence-corrected chi connectivity index (χ4v) is 2.78. The van der Waals surface area contributed by atoms with Crippen molar-refractivity contribution in [1.29, 1.82) is 0 Å². The van der Waals surface area contributed by atoms with Gasteiger partial charge in [-0.05, 0) is 33.2 Å². The molecule has 1 aliphatic rings. The molecule has 100 valence electrons. The van der Waals surface area contributed by atoms with Gasteiger partial charge in [-0.2, -0.15) is 5.10 Å². The third kappa shape index (κ3) is 2.26. The van der Waals surface area contributed by atoms with Crippen molar-refractivity contribution in [3.05, 3.63) is 35.5 Å². The molecular formula is C14H19N5. The Labute approximate surface area is 113 Å². The lowest BCUT2D eigenvalue weighted by atomic mass is 10.1. The first kappa shape index (κ1) is 12.3. The number of hydrogen-bond donors (Lipinski definition) is 1. The van der Waals surface area contributed by atoms with Crippen LogP contribution in [0.2, 0.25) is 0 Å². The van der Waals surface area contributed by atoms with E-state index in [1.807, 2.05) is 30.9 Å². The van der Waals surface area contributed by atoms with Crippen LogP contribution < -0.4 is 5.32 Å². The highest BCUT2D eigenvalue weighted by Crippen LogP contribution is 2.29. The molecule has 3 rings (SSSR count). The van der Waals surface area contributed by atoms with E-state index in [1.54, 1.807) is 6.33 Å². The molecule has 0 saturated heterocycles. The van der Waals surface area contributed by atoms with E-state index in [0.717, 1.165) is 17.9 Å². The molecule has 0 aliphatic heterocycles. The van der Waals surface area contributed by atoms with Crippen LogP contribution in [0.5, 0.6) is 0 Å². The standard InChI is InChI=1S/C14H19N5/c1-10-7-14(17-9-16-10)19-13-6-4-3-5-12(15-2)11(13)8-18-19/h7-9,12,15H,3-6H2,1-2H3. The van der Waals surface area contributed by atoms with Gasteiger partial charge in [-0.3, -0.25) is 0 Å². The maximum Gasteiger partial charge on any atom is 0.157 e. The van der Waals surface area contributed by atoms with Crippen LogP contribution in [0.1, 0.15) is 42.3 Å². The smallest absolute Gasteiger partial charge is 0.157 e. The summed E-state index contributed by atoms with van der Waals surface area (Å²) in [6.45, 7) is 1.98. The predicted molar refractivity (Wildman–Crippen MR) is 73.2 cm³/mol. The van der Waals surface area contributed by atoms with Crippen molar-refractivity contribution in [2.45, 2.75) is 38.6 Å². The Kier molecular flexibility index (Phi) is 3.29. The van der Waals surface area contributed by atoms with Gasteiger partial charge < -0.3 is 5.32 Å². The third-order valence-corrected chi connectivity index (χ3v) is 3.79. The van der Waals surface area contributed by atoms with Gasteiger partial charge in [0.2, 0.25) is 0 Å². The minimum Gasteiger partial charge on any atom is -0.313 e. The zero-order valence-corrected chi connectivity index (χ0v) is 11.4. The SMILES string of the molecule is CNC1CCCCc2c1cnn2-c1cc(C)ncn1. The molecule has 2 aromatic heterocycles. The summed E-state index contributed by atoms with van der Waals surface area (Å²) >= 11 is 0. The lowest BCUT2D eigenvalue weighted by Gasteiger charge is -2.13. The van der Waals surface area contributed by atoms with Gasteiger partial charge in [-0.25, -0.2) is 14.6 Å².